The molecule has 0 aliphatic carbocycles. The number of para-hydroxylation sites is 1. The number of nitrogens with zero attached hydrogens (tertiary/aromatic N) is 3. The number of amidine groups is 1. The molecule has 0 saturated carbocycles. The van der Waals surface area contributed by atoms with Gasteiger partial charge in [-0.1, -0.05) is 41.9 Å². The summed E-state index contributed by atoms with van der Waals surface area (Å²) in [7, 11) is 1.76. The van der Waals surface area contributed by atoms with E-state index in [1.165, 1.54) is 0 Å². The minimum Gasteiger partial charge on any atom is -0.478 e. The van der Waals surface area contributed by atoms with Gasteiger partial charge in [0, 0.05) is 36.3 Å². The van der Waals surface area contributed by atoms with Crippen LogP contribution >= 0.6 is 11.6 Å². The summed E-state index contributed by atoms with van der Waals surface area (Å²) in [6.07, 6.45) is 0.647. The number of hydrogen-bond donors (Lipinski definition) is 1. The zero-order valence-corrected chi connectivity index (χ0v) is 22.4. The van der Waals surface area contributed by atoms with Crippen LogP contribution in [0.1, 0.15) is 36.2 Å². The molecule has 8 heteroatoms. The van der Waals surface area contributed by atoms with Gasteiger partial charge in [-0.25, -0.2) is 9.79 Å². The van der Waals surface area contributed by atoms with Crippen molar-refractivity contribution in [2.24, 2.45) is 4.99 Å². The lowest BCUT2D eigenvalue weighted by Crippen LogP contribution is -2.44. The van der Waals surface area contributed by atoms with Crippen molar-refractivity contribution in [2.75, 3.05) is 20.1 Å². The first-order chi connectivity index (χ1) is 18.2. The summed E-state index contributed by atoms with van der Waals surface area (Å²) in [5.41, 5.74) is 1.89. The van der Waals surface area contributed by atoms with Crippen molar-refractivity contribution < 1.29 is 19.4 Å². The maximum atomic E-state index is 12.9. The van der Waals surface area contributed by atoms with Crippen LogP contribution in [-0.4, -0.2) is 58.8 Å². The maximum absolute atomic E-state index is 12.9. The number of carboxylic acid groups (broad SMARTS) is 1. The summed E-state index contributed by atoms with van der Waals surface area (Å²) in [4.78, 5) is 33.4. The Labute approximate surface area is 227 Å². The van der Waals surface area contributed by atoms with E-state index in [0.29, 0.717) is 47.1 Å². The fourth-order valence-corrected chi connectivity index (χ4v) is 4.69. The summed E-state index contributed by atoms with van der Waals surface area (Å²) in [6.45, 7) is 4.79. The first kappa shape index (κ1) is 26.9. The van der Waals surface area contributed by atoms with Crippen molar-refractivity contribution >= 4 is 35.0 Å². The zero-order valence-electron chi connectivity index (χ0n) is 21.6. The van der Waals surface area contributed by atoms with Gasteiger partial charge >= 0.3 is 5.97 Å². The largest absolute Gasteiger partial charge is 0.478 e. The number of benzene rings is 3. The molecule has 0 aromatic heterocycles. The van der Waals surface area contributed by atoms with Gasteiger partial charge in [0.2, 0.25) is 0 Å². The Morgan fingerprint density at radius 3 is 2.37 bits per heavy atom. The Morgan fingerprint density at radius 2 is 1.71 bits per heavy atom. The van der Waals surface area contributed by atoms with E-state index >= 15 is 0 Å². The van der Waals surface area contributed by atoms with Gasteiger partial charge in [-0.15, -0.1) is 0 Å². The molecule has 1 atom stereocenters. The highest BCUT2D eigenvalue weighted by molar-refractivity contribution is 6.30. The molecule has 1 N–H and O–H groups in total. The molecule has 196 valence electrons. The molecule has 1 aliphatic rings. The molecule has 0 bridgehead atoms. The Kier molecular flexibility index (Phi) is 8.48. The van der Waals surface area contributed by atoms with E-state index in [4.69, 9.17) is 16.3 Å². The van der Waals surface area contributed by atoms with Crippen molar-refractivity contribution in [1.82, 2.24) is 9.80 Å². The van der Waals surface area contributed by atoms with E-state index in [1.807, 2.05) is 55.1 Å². The number of amides is 1. The minimum absolute atomic E-state index is 0.0947. The van der Waals surface area contributed by atoms with Gasteiger partial charge in [-0.2, -0.15) is 0 Å². The molecule has 1 amide bonds. The molecule has 0 saturated heterocycles. The molecule has 4 rings (SSSR count). The number of aliphatic carboxylic acids is 1. The molecule has 1 aliphatic heterocycles. The van der Waals surface area contributed by atoms with Crippen LogP contribution in [0.2, 0.25) is 5.02 Å². The monoisotopic (exact) mass is 531 g/mol. The highest BCUT2D eigenvalue weighted by Gasteiger charge is 2.31. The number of ether oxygens (including phenoxy) is 1. The standard InChI is InChI=1S/C30H30ClN3O4/c1-20-27(30(36)37)28(23-9-7-10-24(31)19-23)32-21(2)34(20)18-8-17-33(3)29(35)22-13-15-26(16-14-22)38-25-11-5-4-6-12-25/h4-7,9-16,19-20H,8,17-18H2,1-3H3,(H,36,37). The predicted molar refractivity (Wildman–Crippen MR) is 150 cm³/mol. The van der Waals surface area contributed by atoms with E-state index in [-0.39, 0.29) is 11.5 Å². The van der Waals surface area contributed by atoms with E-state index in [0.717, 1.165) is 11.6 Å². The molecule has 3 aromatic rings. The second-order valence-corrected chi connectivity index (χ2v) is 9.56. The second-order valence-electron chi connectivity index (χ2n) is 9.13. The number of halogens is 1. The molecule has 1 unspecified atom stereocenters. The topological polar surface area (TPSA) is 82.4 Å². The molecular formula is C30H30ClN3O4. The van der Waals surface area contributed by atoms with E-state index in [2.05, 4.69) is 4.99 Å². The van der Waals surface area contributed by atoms with Gasteiger partial charge in [-0.3, -0.25) is 4.79 Å². The first-order valence-corrected chi connectivity index (χ1v) is 12.8. The molecular weight excluding hydrogens is 502 g/mol. The SMILES string of the molecule is CC1=NC(c2cccc(Cl)c2)=C(C(=O)O)C(C)N1CCCN(C)C(=O)c1ccc(Oc2ccccc2)cc1. The molecule has 7 nitrogen and oxygen atoms in total. The lowest BCUT2D eigenvalue weighted by Gasteiger charge is -2.36. The maximum Gasteiger partial charge on any atom is 0.335 e. The summed E-state index contributed by atoms with van der Waals surface area (Å²) in [5, 5.41) is 10.5. The van der Waals surface area contributed by atoms with Gasteiger partial charge in [0.1, 0.15) is 17.3 Å². The Bertz CT molecular complexity index is 1370. The van der Waals surface area contributed by atoms with Crippen LogP contribution in [0.4, 0.5) is 0 Å². The fraction of sp³-hybridized carbons (Fsp3) is 0.233. The van der Waals surface area contributed by atoms with Crippen molar-refractivity contribution in [3.8, 4) is 11.5 Å². The third-order valence-corrected chi connectivity index (χ3v) is 6.71. The zero-order chi connectivity index (χ0) is 27.2. The average molecular weight is 532 g/mol. The smallest absolute Gasteiger partial charge is 0.335 e. The van der Waals surface area contributed by atoms with Crippen LogP contribution in [0, 0.1) is 0 Å². The Hall–Kier alpha value is -4.10. The lowest BCUT2D eigenvalue weighted by molar-refractivity contribution is -0.133. The lowest BCUT2D eigenvalue weighted by atomic mass is 9.98. The van der Waals surface area contributed by atoms with Crippen LogP contribution in [-0.2, 0) is 4.79 Å². The minimum atomic E-state index is -1.01. The summed E-state index contributed by atoms with van der Waals surface area (Å²) in [5.74, 6) is 1.00. The number of hydrogen-bond acceptors (Lipinski definition) is 5. The second kappa shape index (κ2) is 12.0. The number of carbonyl (C=O) groups excluding carboxylic acids is 1. The fourth-order valence-electron chi connectivity index (χ4n) is 4.50. The van der Waals surface area contributed by atoms with Gasteiger partial charge in [0.15, 0.2) is 0 Å². The van der Waals surface area contributed by atoms with Crippen LogP contribution in [0.3, 0.4) is 0 Å². The number of rotatable bonds is 9. The van der Waals surface area contributed by atoms with Crippen LogP contribution < -0.4 is 4.74 Å². The predicted octanol–water partition coefficient (Wildman–Crippen LogP) is 6.21. The Morgan fingerprint density at radius 1 is 1.03 bits per heavy atom. The van der Waals surface area contributed by atoms with Crippen molar-refractivity contribution in [2.45, 2.75) is 26.3 Å². The van der Waals surface area contributed by atoms with Crippen LogP contribution in [0.15, 0.2) is 89.4 Å². The molecule has 0 spiro atoms. The van der Waals surface area contributed by atoms with Gasteiger partial charge < -0.3 is 19.6 Å². The quantitative estimate of drug-likeness (QED) is 0.355. The molecule has 1 heterocycles. The molecule has 0 fully saturated rings. The molecule has 38 heavy (non-hydrogen) atoms. The van der Waals surface area contributed by atoms with Gasteiger partial charge in [-0.05, 0) is 68.8 Å². The summed E-state index contributed by atoms with van der Waals surface area (Å²) >= 11 is 6.13. The number of carbonyl (C=O) groups is 2. The first-order valence-electron chi connectivity index (χ1n) is 12.4. The van der Waals surface area contributed by atoms with Crippen molar-refractivity contribution in [3.05, 3.63) is 101 Å². The van der Waals surface area contributed by atoms with Crippen LogP contribution in [0.25, 0.3) is 5.70 Å². The van der Waals surface area contributed by atoms with Crippen molar-refractivity contribution in [1.29, 1.82) is 0 Å². The highest BCUT2D eigenvalue weighted by Crippen LogP contribution is 2.31. The molecule has 3 aromatic carbocycles. The Balaban J connectivity index is 1.37. The van der Waals surface area contributed by atoms with E-state index < -0.39 is 12.0 Å². The van der Waals surface area contributed by atoms with Crippen LogP contribution in [0.5, 0.6) is 11.5 Å². The average Bonchev–Trinajstić information content (AvgIpc) is 2.90. The normalized spacial score (nSPS) is 15.2. The van der Waals surface area contributed by atoms with Gasteiger partial charge in [0.25, 0.3) is 5.91 Å². The van der Waals surface area contributed by atoms with Crippen molar-refractivity contribution in [3.63, 3.8) is 0 Å². The number of carboxylic acids is 1. The highest BCUT2D eigenvalue weighted by atomic mass is 35.5. The van der Waals surface area contributed by atoms with E-state index in [9.17, 15) is 14.7 Å². The number of aliphatic imine (C=N–C) groups is 1. The van der Waals surface area contributed by atoms with Gasteiger partial charge in [0.05, 0.1) is 17.3 Å². The molecule has 0 radical (unpaired) electrons. The third kappa shape index (κ3) is 6.23. The summed E-state index contributed by atoms with van der Waals surface area (Å²) in [6, 6.07) is 23.2. The van der Waals surface area contributed by atoms with E-state index in [1.54, 1.807) is 54.4 Å². The third-order valence-electron chi connectivity index (χ3n) is 6.48. The summed E-state index contributed by atoms with van der Waals surface area (Å²) < 4.78 is 5.80.